The van der Waals surface area contributed by atoms with Gasteiger partial charge in [-0.25, -0.2) is 0 Å². The van der Waals surface area contributed by atoms with Crippen molar-refractivity contribution in [2.45, 2.75) is 12.3 Å². The Morgan fingerprint density at radius 2 is 1.19 bits per heavy atom. The van der Waals surface area contributed by atoms with Gasteiger partial charge in [0.25, 0.3) is 0 Å². The average molecular weight is 681 g/mol. The fourth-order valence-corrected chi connectivity index (χ4v) is 10.6. The molecule has 0 N–H and O–H groups in total. The Morgan fingerprint density at radius 3 is 2.06 bits per heavy atom. The fraction of sp³-hybridized carbons (Fsp3) is 0.0400. The van der Waals surface area contributed by atoms with E-state index in [1.807, 2.05) is 23.5 Å². The summed E-state index contributed by atoms with van der Waals surface area (Å²) in [6, 6.07) is 53.6. The highest BCUT2D eigenvalue weighted by Crippen LogP contribution is 2.63. The van der Waals surface area contributed by atoms with Crippen LogP contribution in [-0.4, -0.2) is 0 Å². The summed E-state index contributed by atoms with van der Waals surface area (Å²) in [7, 11) is 0. The first-order chi connectivity index (χ1) is 25.7. The standard InChI is InChI=1S/C50H32OS/c1-3-4-20-42-30(2)40-28-31(33-16-11-18-38-36-14-6-9-22-46(36)51-48(33)38)24-26-44(40)50(42)43-21-8-5-13-35(43)41-29-32(25-27-45(41)50)34-17-12-19-39-37-15-7-10-23-47(37)52-49(34)39/h3-29H,1H2,2H3/b20-4-. The van der Waals surface area contributed by atoms with Crippen molar-refractivity contribution in [1.29, 1.82) is 0 Å². The molecule has 0 amide bonds. The second kappa shape index (κ2) is 10.9. The third-order valence-electron chi connectivity index (χ3n) is 11.5. The predicted octanol–water partition coefficient (Wildman–Crippen LogP) is 14.1. The van der Waals surface area contributed by atoms with E-state index in [4.69, 9.17) is 4.42 Å². The van der Waals surface area contributed by atoms with Gasteiger partial charge in [-0.2, -0.15) is 0 Å². The number of furan rings is 1. The van der Waals surface area contributed by atoms with Gasteiger partial charge in [0.2, 0.25) is 0 Å². The molecule has 2 aliphatic rings. The lowest BCUT2D eigenvalue weighted by molar-refractivity contribution is 0.670. The number of allylic oxidation sites excluding steroid dienone is 5. The highest BCUT2D eigenvalue weighted by atomic mass is 32.1. The second-order valence-electron chi connectivity index (χ2n) is 14.0. The lowest BCUT2D eigenvalue weighted by Crippen LogP contribution is -2.26. The third-order valence-corrected chi connectivity index (χ3v) is 12.7. The average Bonchev–Trinajstić information content (AvgIpc) is 3.91. The van der Waals surface area contributed by atoms with Crippen LogP contribution in [-0.2, 0) is 5.41 Å². The zero-order chi connectivity index (χ0) is 34.6. The van der Waals surface area contributed by atoms with Crippen molar-refractivity contribution in [3.63, 3.8) is 0 Å². The Morgan fingerprint density at radius 1 is 0.558 bits per heavy atom. The van der Waals surface area contributed by atoms with E-state index in [-0.39, 0.29) is 0 Å². The molecule has 0 radical (unpaired) electrons. The number of hydrogen-bond acceptors (Lipinski definition) is 2. The second-order valence-corrected chi connectivity index (χ2v) is 15.1. The molecule has 2 aromatic heterocycles. The number of para-hydroxylation sites is 2. The summed E-state index contributed by atoms with van der Waals surface area (Å²) in [6.07, 6.45) is 6.28. The molecule has 11 rings (SSSR count). The van der Waals surface area contributed by atoms with E-state index in [2.05, 4.69) is 165 Å². The van der Waals surface area contributed by atoms with Crippen molar-refractivity contribution in [3.8, 4) is 33.4 Å². The minimum absolute atomic E-state index is 0.448. The van der Waals surface area contributed by atoms with Crippen molar-refractivity contribution < 1.29 is 4.42 Å². The minimum Gasteiger partial charge on any atom is -0.455 e. The monoisotopic (exact) mass is 680 g/mol. The lowest BCUT2D eigenvalue weighted by atomic mass is 9.69. The number of thiophene rings is 1. The molecule has 1 atom stereocenters. The molecule has 52 heavy (non-hydrogen) atoms. The van der Waals surface area contributed by atoms with E-state index >= 15 is 0 Å². The van der Waals surface area contributed by atoms with Crippen LogP contribution in [0.2, 0.25) is 0 Å². The number of rotatable bonds is 4. The Kier molecular flexibility index (Phi) is 6.18. The van der Waals surface area contributed by atoms with Crippen LogP contribution in [0.25, 0.3) is 81.1 Å². The third kappa shape index (κ3) is 3.82. The van der Waals surface area contributed by atoms with Gasteiger partial charge in [-0.05, 0) is 92.4 Å². The molecule has 1 unspecified atom stereocenters. The summed E-state index contributed by atoms with van der Waals surface area (Å²) in [5.74, 6) is 0. The Labute approximate surface area is 306 Å². The van der Waals surface area contributed by atoms with Gasteiger partial charge in [-0.3, -0.25) is 0 Å². The van der Waals surface area contributed by atoms with Crippen LogP contribution in [0.5, 0.6) is 0 Å². The van der Waals surface area contributed by atoms with Crippen LogP contribution in [0, 0.1) is 0 Å². The summed E-state index contributed by atoms with van der Waals surface area (Å²) >= 11 is 1.89. The lowest BCUT2D eigenvalue weighted by Gasteiger charge is -2.32. The molecular formula is C50H32OS. The fourth-order valence-electron chi connectivity index (χ4n) is 9.32. The van der Waals surface area contributed by atoms with E-state index in [9.17, 15) is 0 Å². The van der Waals surface area contributed by atoms with Crippen LogP contribution in [0.4, 0.5) is 0 Å². The SMILES string of the molecule is C=C/C=C\C1=C(C)c2cc(-c3cccc4c3oc3ccccc34)ccc2C12c1ccccc1-c1cc(-c3cccc4c3sc3ccccc34)ccc12. The van der Waals surface area contributed by atoms with Gasteiger partial charge in [0.1, 0.15) is 11.2 Å². The van der Waals surface area contributed by atoms with E-state index in [0.717, 1.165) is 33.1 Å². The van der Waals surface area contributed by atoms with Crippen LogP contribution >= 0.6 is 11.3 Å². The minimum atomic E-state index is -0.448. The van der Waals surface area contributed by atoms with Gasteiger partial charge in [-0.15, -0.1) is 11.3 Å². The Bertz CT molecular complexity index is 3050. The Balaban J connectivity index is 1.15. The number of hydrogen-bond donors (Lipinski definition) is 0. The maximum atomic E-state index is 6.50. The van der Waals surface area contributed by atoms with Crippen LogP contribution in [0.3, 0.4) is 0 Å². The van der Waals surface area contributed by atoms with Gasteiger partial charge in [0, 0.05) is 36.5 Å². The molecule has 2 heterocycles. The van der Waals surface area contributed by atoms with Crippen molar-refractivity contribution >= 4 is 59.0 Å². The van der Waals surface area contributed by atoms with Gasteiger partial charge in [0.15, 0.2) is 0 Å². The summed E-state index contributed by atoms with van der Waals surface area (Å²) in [6.45, 7) is 6.36. The first-order valence-electron chi connectivity index (χ1n) is 17.9. The Hall–Kier alpha value is -6.22. The molecule has 0 aliphatic heterocycles. The molecule has 0 fully saturated rings. The smallest absolute Gasteiger partial charge is 0.143 e. The van der Waals surface area contributed by atoms with Crippen LogP contribution in [0.1, 0.15) is 29.2 Å². The highest BCUT2D eigenvalue weighted by Gasteiger charge is 2.51. The molecular weight excluding hydrogens is 649 g/mol. The van der Waals surface area contributed by atoms with Crippen molar-refractivity contribution in [2.75, 3.05) is 0 Å². The molecule has 1 nitrogen and oxygen atoms in total. The molecule has 1 spiro atoms. The van der Waals surface area contributed by atoms with E-state index in [0.29, 0.717) is 0 Å². The van der Waals surface area contributed by atoms with Gasteiger partial charge >= 0.3 is 0 Å². The molecule has 0 bridgehead atoms. The van der Waals surface area contributed by atoms with Crippen molar-refractivity contribution in [3.05, 3.63) is 198 Å². The molecule has 0 saturated carbocycles. The quantitative estimate of drug-likeness (QED) is 0.169. The molecule has 2 heteroatoms. The number of fused-ring (bicyclic) bond motifs is 13. The maximum Gasteiger partial charge on any atom is 0.143 e. The first kappa shape index (κ1) is 29.5. The predicted molar refractivity (Wildman–Crippen MR) is 221 cm³/mol. The number of benzene rings is 7. The zero-order valence-electron chi connectivity index (χ0n) is 28.6. The normalized spacial score (nSPS) is 16.2. The van der Waals surface area contributed by atoms with Crippen molar-refractivity contribution in [2.24, 2.45) is 0 Å². The summed E-state index contributed by atoms with van der Waals surface area (Å²) in [4.78, 5) is 0. The van der Waals surface area contributed by atoms with E-state index < -0.39 is 5.41 Å². The van der Waals surface area contributed by atoms with Gasteiger partial charge in [0.05, 0.1) is 5.41 Å². The molecule has 7 aromatic carbocycles. The molecule has 244 valence electrons. The van der Waals surface area contributed by atoms with Gasteiger partial charge in [-0.1, -0.05) is 146 Å². The van der Waals surface area contributed by atoms with E-state index in [1.165, 1.54) is 75.8 Å². The maximum absolute atomic E-state index is 6.50. The van der Waals surface area contributed by atoms with Crippen LogP contribution < -0.4 is 0 Å². The summed E-state index contributed by atoms with van der Waals surface area (Å²) < 4.78 is 9.17. The largest absolute Gasteiger partial charge is 0.455 e. The van der Waals surface area contributed by atoms with E-state index in [1.54, 1.807) is 0 Å². The topological polar surface area (TPSA) is 13.1 Å². The highest BCUT2D eigenvalue weighted by molar-refractivity contribution is 7.26. The molecule has 0 saturated heterocycles. The van der Waals surface area contributed by atoms with Crippen LogP contribution in [0.15, 0.2) is 180 Å². The van der Waals surface area contributed by atoms with Crippen molar-refractivity contribution in [1.82, 2.24) is 0 Å². The summed E-state index contributed by atoms with van der Waals surface area (Å²) in [5.41, 5.74) is 16.6. The summed E-state index contributed by atoms with van der Waals surface area (Å²) in [5, 5.41) is 4.94. The molecule has 9 aromatic rings. The van der Waals surface area contributed by atoms with Gasteiger partial charge < -0.3 is 4.42 Å². The molecule has 2 aliphatic carbocycles. The zero-order valence-corrected chi connectivity index (χ0v) is 29.4. The first-order valence-corrected chi connectivity index (χ1v) is 18.7.